The van der Waals surface area contributed by atoms with Crippen LogP contribution < -0.4 is 9.46 Å². The highest BCUT2D eigenvalue weighted by molar-refractivity contribution is 7.84. The Morgan fingerprint density at radius 2 is 1.90 bits per heavy atom. The lowest BCUT2D eigenvalue weighted by atomic mass is 9.99. The Bertz CT molecular complexity index is 1560. The third-order valence-corrected chi connectivity index (χ3v) is 8.10. The van der Waals surface area contributed by atoms with Gasteiger partial charge in [0.1, 0.15) is 18.2 Å². The summed E-state index contributed by atoms with van der Waals surface area (Å²) in [4.78, 5) is 16.6. The maximum absolute atomic E-state index is 14.0. The van der Waals surface area contributed by atoms with E-state index in [9.17, 15) is 13.4 Å². The predicted octanol–water partition coefficient (Wildman–Crippen LogP) is 6.66. The zero-order valence-electron chi connectivity index (χ0n) is 24.5. The minimum absolute atomic E-state index is 0.0742. The van der Waals surface area contributed by atoms with Crippen LogP contribution in [0.15, 0.2) is 60.9 Å². The average molecular weight is 580 g/mol. The van der Waals surface area contributed by atoms with Crippen molar-refractivity contribution in [1.29, 1.82) is 0 Å². The Labute approximate surface area is 243 Å². The lowest BCUT2D eigenvalue weighted by molar-refractivity contribution is -0.142. The first kappa shape index (κ1) is 30.4. The van der Waals surface area contributed by atoms with Gasteiger partial charge in [0.25, 0.3) is 0 Å². The quantitative estimate of drug-likeness (QED) is 0.201. The van der Waals surface area contributed by atoms with Crippen LogP contribution in [0.2, 0.25) is 0 Å². The fourth-order valence-corrected chi connectivity index (χ4v) is 5.26. The molecule has 0 unspecified atom stereocenters. The van der Waals surface area contributed by atoms with Crippen LogP contribution in [0, 0.1) is 5.82 Å². The van der Waals surface area contributed by atoms with E-state index in [0.717, 1.165) is 33.3 Å². The molecule has 0 amide bonds. The third kappa shape index (κ3) is 7.59. The van der Waals surface area contributed by atoms with Gasteiger partial charge in [-0.25, -0.2) is 13.3 Å². The molecule has 4 rings (SSSR count). The van der Waals surface area contributed by atoms with Crippen LogP contribution in [0.1, 0.15) is 64.4 Å². The van der Waals surface area contributed by atoms with Crippen LogP contribution in [0.25, 0.3) is 22.0 Å². The number of benzene rings is 2. The predicted molar refractivity (Wildman–Crippen MR) is 161 cm³/mol. The van der Waals surface area contributed by atoms with Crippen molar-refractivity contribution >= 4 is 27.9 Å². The molecule has 0 saturated heterocycles. The van der Waals surface area contributed by atoms with E-state index in [1.807, 2.05) is 32.9 Å². The second kappa shape index (κ2) is 13.0. The van der Waals surface area contributed by atoms with Crippen LogP contribution in [-0.4, -0.2) is 31.1 Å². The van der Waals surface area contributed by atoms with Gasteiger partial charge >= 0.3 is 5.97 Å². The maximum Gasteiger partial charge on any atom is 0.310 e. The SMILES string of the molecule is CCOC(=O)Cc1cc(F)ccc1OCc1cc(-c2ccnc(CN[S@@](=O)C(C)(C)C)c2)c2ccn(C(C)C)c2c1. The highest BCUT2D eigenvalue weighted by atomic mass is 32.2. The number of carbonyl (C=O) groups excluding carboxylic acids is 1. The molecule has 1 atom stereocenters. The van der Waals surface area contributed by atoms with Crippen molar-refractivity contribution in [3.8, 4) is 16.9 Å². The summed E-state index contributed by atoms with van der Waals surface area (Å²) in [5.74, 6) is -0.440. The van der Waals surface area contributed by atoms with Gasteiger partial charge in [-0.15, -0.1) is 0 Å². The van der Waals surface area contributed by atoms with E-state index in [-0.39, 0.29) is 30.4 Å². The summed E-state index contributed by atoms with van der Waals surface area (Å²) in [6, 6.07) is 14.7. The Morgan fingerprint density at radius 3 is 2.61 bits per heavy atom. The molecule has 0 aliphatic carbocycles. The number of esters is 1. The van der Waals surface area contributed by atoms with E-state index in [1.165, 1.54) is 12.1 Å². The van der Waals surface area contributed by atoms with Gasteiger partial charge in [0.05, 0.1) is 41.0 Å². The van der Waals surface area contributed by atoms with Crippen molar-refractivity contribution in [2.24, 2.45) is 0 Å². The number of hydrogen-bond acceptors (Lipinski definition) is 5. The number of pyridine rings is 1. The molecule has 0 aliphatic rings. The van der Waals surface area contributed by atoms with Gasteiger partial charge in [-0.3, -0.25) is 9.78 Å². The molecular formula is C32H38FN3O4S. The van der Waals surface area contributed by atoms with E-state index < -0.39 is 22.8 Å². The van der Waals surface area contributed by atoms with Gasteiger partial charge < -0.3 is 14.0 Å². The van der Waals surface area contributed by atoms with Crippen molar-refractivity contribution in [3.63, 3.8) is 0 Å². The Morgan fingerprint density at radius 1 is 1.12 bits per heavy atom. The second-order valence-corrected chi connectivity index (χ2v) is 13.2. The zero-order valence-corrected chi connectivity index (χ0v) is 25.3. The molecule has 7 nitrogen and oxygen atoms in total. The first-order chi connectivity index (χ1) is 19.5. The molecule has 1 N–H and O–H groups in total. The molecule has 218 valence electrons. The molecule has 0 fully saturated rings. The summed E-state index contributed by atoms with van der Waals surface area (Å²) in [5.41, 5.74) is 5.21. The highest BCUT2D eigenvalue weighted by Gasteiger charge is 2.20. The van der Waals surface area contributed by atoms with Crippen LogP contribution in [0.3, 0.4) is 0 Å². The molecule has 0 saturated carbocycles. The zero-order chi connectivity index (χ0) is 29.7. The number of rotatable bonds is 11. The number of halogens is 1. The number of aromatic nitrogens is 2. The molecule has 0 aliphatic heterocycles. The van der Waals surface area contributed by atoms with Crippen LogP contribution >= 0.6 is 0 Å². The van der Waals surface area contributed by atoms with Gasteiger partial charge in [0.15, 0.2) is 0 Å². The largest absolute Gasteiger partial charge is 0.489 e. The summed E-state index contributed by atoms with van der Waals surface area (Å²) in [7, 11) is -1.21. The van der Waals surface area contributed by atoms with Crippen LogP contribution in [0.4, 0.5) is 4.39 Å². The summed E-state index contributed by atoms with van der Waals surface area (Å²) in [5, 5.41) is 1.09. The first-order valence-electron chi connectivity index (χ1n) is 13.8. The molecule has 4 aromatic rings. The minimum atomic E-state index is -1.21. The number of carbonyl (C=O) groups is 1. The van der Waals surface area contributed by atoms with Crippen molar-refractivity contribution in [1.82, 2.24) is 14.3 Å². The first-order valence-corrected chi connectivity index (χ1v) is 14.9. The number of nitrogens with zero attached hydrogens (tertiary/aromatic N) is 2. The van der Waals surface area contributed by atoms with E-state index in [4.69, 9.17) is 9.47 Å². The van der Waals surface area contributed by atoms with Gasteiger partial charge in [-0.2, -0.15) is 0 Å². The fraction of sp³-hybridized carbons (Fsp3) is 0.375. The van der Waals surface area contributed by atoms with E-state index in [0.29, 0.717) is 17.9 Å². The minimum Gasteiger partial charge on any atom is -0.489 e. The van der Waals surface area contributed by atoms with E-state index in [2.05, 4.69) is 52.5 Å². The molecule has 0 spiro atoms. The lowest BCUT2D eigenvalue weighted by Crippen LogP contribution is -2.33. The number of fused-ring (bicyclic) bond motifs is 1. The van der Waals surface area contributed by atoms with Crippen molar-refractivity contribution in [2.75, 3.05) is 6.61 Å². The molecule has 0 radical (unpaired) electrons. The van der Waals surface area contributed by atoms with Gasteiger partial charge in [-0.1, -0.05) is 0 Å². The van der Waals surface area contributed by atoms with Crippen molar-refractivity contribution in [3.05, 3.63) is 83.6 Å². The molecule has 2 aromatic heterocycles. The molecule has 9 heteroatoms. The van der Waals surface area contributed by atoms with E-state index in [1.54, 1.807) is 19.2 Å². The fourth-order valence-electron chi connectivity index (χ4n) is 4.55. The van der Waals surface area contributed by atoms with Gasteiger partial charge in [0, 0.05) is 34.9 Å². The number of ether oxygens (including phenoxy) is 2. The molecule has 0 bridgehead atoms. The molecular weight excluding hydrogens is 541 g/mol. The summed E-state index contributed by atoms with van der Waals surface area (Å²) in [6.45, 7) is 12.6. The van der Waals surface area contributed by atoms with Crippen molar-refractivity contribution < 1.29 is 22.9 Å². The topological polar surface area (TPSA) is 82.5 Å². The molecule has 2 aromatic carbocycles. The van der Waals surface area contributed by atoms with Gasteiger partial charge in [-0.05, 0) is 107 Å². The molecule has 41 heavy (non-hydrogen) atoms. The smallest absolute Gasteiger partial charge is 0.310 e. The van der Waals surface area contributed by atoms with E-state index >= 15 is 0 Å². The Kier molecular flexibility index (Phi) is 9.60. The average Bonchev–Trinajstić information content (AvgIpc) is 3.35. The van der Waals surface area contributed by atoms with Crippen molar-refractivity contribution in [2.45, 2.75) is 71.9 Å². The third-order valence-electron chi connectivity index (χ3n) is 6.58. The Hall–Kier alpha value is -3.56. The lowest BCUT2D eigenvalue weighted by Gasteiger charge is -2.18. The summed E-state index contributed by atoms with van der Waals surface area (Å²) < 4.78 is 42.6. The molecule has 2 heterocycles. The van der Waals surface area contributed by atoms with Crippen LogP contribution in [-0.2, 0) is 40.1 Å². The summed E-state index contributed by atoms with van der Waals surface area (Å²) in [6.07, 6.45) is 3.77. The van der Waals surface area contributed by atoms with Gasteiger partial charge in [0.2, 0.25) is 0 Å². The normalized spacial score (nSPS) is 12.6. The maximum atomic E-state index is 14.0. The summed E-state index contributed by atoms with van der Waals surface area (Å²) >= 11 is 0. The Balaban J connectivity index is 1.67. The standard InChI is InChI=1S/C32H38FN3O4S/c1-7-39-31(37)18-24-16-25(33)8-9-30(24)40-20-22-14-28(27-11-13-36(21(2)3)29(27)15-22)23-10-12-34-26(17-23)19-35-41(38)32(4,5)6/h8-17,21,35H,7,18-20H2,1-6H3/t41-/m0/s1. The number of hydrogen-bond donors (Lipinski definition) is 1. The second-order valence-electron chi connectivity index (χ2n) is 11.2. The monoisotopic (exact) mass is 579 g/mol. The number of nitrogens with one attached hydrogen (secondary N) is 1. The van der Waals surface area contributed by atoms with Crippen LogP contribution in [0.5, 0.6) is 5.75 Å². The highest BCUT2D eigenvalue weighted by Crippen LogP contribution is 2.33.